The summed E-state index contributed by atoms with van der Waals surface area (Å²) in [6.07, 6.45) is -4.49. The first-order valence-electron chi connectivity index (χ1n) is 9.67. The average Bonchev–Trinajstić information content (AvgIpc) is 2.95. The zero-order valence-corrected chi connectivity index (χ0v) is 17.7. The maximum Gasteiger partial charge on any atom is 0.418 e. The van der Waals surface area contributed by atoms with Crippen molar-refractivity contribution in [3.63, 3.8) is 0 Å². The molecule has 0 aliphatic rings. The SMILES string of the molecule is Cc1cc(C(=O)Nc2ccc(C(C)(C)C)cc2)c(C)n1-c1ccccc1C(F)(F)F. The van der Waals surface area contributed by atoms with Crippen molar-refractivity contribution in [1.29, 1.82) is 0 Å². The largest absolute Gasteiger partial charge is 0.418 e. The third-order valence-corrected chi connectivity index (χ3v) is 5.13. The van der Waals surface area contributed by atoms with Gasteiger partial charge in [0, 0.05) is 17.1 Å². The van der Waals surface area contributed by atoms with E-state index in [1.54, 1.807) is 26.0 Å². The van der Waals surface area contributed by atoms with Crippen LogP contribution in [-0.2, 0) is 11.6 Å². The zero-order chi connectivity index (χ0) is 22.3. The number of aryl methyl sites for hydroxylation is 1. The molecule has 0 atom stereocenters. The molecule has 0 saturated carbocycles. The van der Waals surface area contributed by atoms with E-state index in [4.69, 9.17) is 0 Å². The van der Waals surface area contributed by atoms with Gasteiger partial charge in [0.25, 0.3) is 5.91 Å². The van der Waals surface area contributed by atoms with Gasteiger partial charge in [-0.25, -0.2) is 0 Å². The quantitative estimate of drug-likeness (QED) is 0.511. The van der Waals surface area contributed by atoms with Crippen LogP contribution in [0.5, 0.6) is 0 Å². The van der Waals surface area contributed by atoms with E-state index in [1.165, 1.54) is 16.7 Å². The summed E-state index contributed by atoms with van der Waals surface area (Å²) in [5.41, 5.74) is 2.38. The molecule has 30 heavy (non-hydrogen) atoms. The number of hydrogen-bond acceptors (Lipinski definition) is 1. The summed E-state index contributed by atoms with van der Waals surface area (Å²) in [6, 6.07) is 14.6. The predicted molar refractivity (Wildman–Crippen MR) is 113 cm³/mol. The molecule has 0 bridgehead atoms. The van der Waals surface area contributed by atoms with Crippen LogP contribution in [0.1, 0.15) is 53.6 Å². The monoisotopic (exact) mass is 414 g/mol. The van der Waals surface area contributed by atoms with Crippen LogP contribution < -0.4 is 5.32 Å². The number of para-hydroxylation sites is 1. The Labute approximate surface area is 174 Å². The van der Waals surface area contributed by atoms with Gasteiger partial charge in [-0.1, -0.05) is 45.0 Å². The molecular weight excluding hydrogens is 389 g/mol. The summed E-state index contributed by atoms with van der Waals surface area (Å²) >= 11 is 0. The van der Waals surface area contributed by atoms with Gasteiger partial charge in [0.2, 0.25) is 0 Å². The minimum atomic E-state index is -4.49. The summed E-state index contributed by atoms with van der Waals surface area (Å²) in [7, 11) is 0. The molecule has 1 heterocycles. The third kappa shape index (κ3) is 4.27. The lowest BCUT2D eigenvalue weighted by atomic mass is 9.87. The number of anilines is 1. The fourth-order valence-corrected chi connectivity index (χ4v) is 3.52. The van der Waals surface area contributed by atoms with Gasteiger partial charge in [0.15, 0.2) is 0 Å². The van der Waals surface area contributed by atoms with Crippen molar-refractivity contribution < 1.29 is 18.0 Å². The standard InChI is InChI=1S/C24H25F3N2O/c1-15-14-19(22(30)28-18-12-10-17(11-13-18)23(3,4)5)16(2)29(15)21-9-7-6-8-20(21)24(25,26)27/h6-14H,1-5H3,(H,28,30). The number of benzene rings is 2. The molecule has 0 unspecified atom stereocenters. The van der Waals surface area contributed by atoms with Crippen molar-refractivity contribution in [2.24, 2.45) is 0 Å². The van der Waals surface area contributed by atoms with E-state index in [-0.39, 0.29) is 17.0 Å². The molecule has 0 radical (unpaired) electrons. The molecule has 0 aliphatic heterocycles. The van der Waals surface area contributed by atoms with Crippen LogP contribution >= 0.6 is 0 Å². The minimum absolute atomic E-state index is 0.000662. The number of hydrogen-bond donors (Lipinski definition) is 1. The van der Waals surface area contributed by atoms with Crippen molar-refractivity contribution in [3.05, 3.63) is 82.7 Å². The summed E-state index contributed by atoms with van der Waals surface area (Å²) in [4.78, 5) is 12.8. The highest BCUT2D eigenvalue weighted by Crippen LogP contribution is 2.35. The second-order valence-corrected chi connectivity index (χ2v) is 8.42. The first-order valence-corrected chi connectivity index (χ1v) is 9.67. The molecule has 1 N–H and O–H groups in total. The number of rotatable bonds is 3. The number of alkyl halides is 3. The van der Waals surface area contributed by atoms with Crippen LogP contribution in [0, 0.1) is 13.8 Å². The van der Waals surface area contributed by atoms with Crippen LogP contribution in [0.15, 0.2) is 54.6 Å². The third-order valence-electron chi connectivity index (χ3n) is 5.13. The maximum atomic E-state index is 13.5. The van der Waals surface area contributed by atoms with E-state index in [1.807, 2.05) is 24.3 Å². The van der Waals surface area contributed by atoms with Gasteiger partial charge in [-0.3, -0.25) is 4.79 Å². The Morgan fingerprint density at radius 3 is 2.10 bits per heavy atom. The van der Waals surface area contributed by atoms with E-state index in [0.29, 0.717) is 22.6 Å². The first kappa shape index (κ1) is 21.7. The lowest BCUT2D eigenvalue weighted by molar-refractivity contribution is -0.137. The van der Waals surface area contributed by atoms with Crippen LogP contribution in [0.4, 0.5) is 18.9 Å². The molecule has 2 aromatic carbocycles. The van der Waals surface area contributed by atoms with E-state index in [2.05, 4.69) is 26.1 Å². The highest BCUT2D eigenvalue weighted by Gasteiger charge is 2.34. The molecule has 3 aromatic rings. The number of carbonyl (C=O) groups is 1. The lowest BCUT2D eigenvalue weighted by Gasteiger charge is -2.19. The van der Waals surface area contributed by atoms with E-state index in [0.717, 1.165) is 11.6 Å². The van der Waals surface area contributed by atoms with Gasteiger partial charge in [-0.2, -0.15) is 13.2 Å². The van der Waals surface area contributed by atoms with E-state index >= 15 is 0 Å². The Morgan fingerprint density at radius 2 is 1.53 bits per heavy atom. The number of amides is 1. The average molecular weight is 414 g/mol. The van der Waals surface area contributed by atoms with Crippen molar-refractivity contribution in [1.82, 2.24) is 4.57 Å². The smallest absolute Gasteiger partial charge is 0.322 e. The van der Waals surface area contributed by atoms with Gasteiger partial charge in [-0.15, -0.1) is 0 Å². The Balaban J connectivity index is 1.94. The molecule has 158 valence electrons. The second kappa shape index (κ2) is 7.67. The summed E-state index contributed by atoms with van der Waals surface area (Å²) in [5, 5.41) is 2.84. The van der Waals surface area contributed by atoms with E-state index in [9.17, 15) is 18.0 Å². The Kier molecular flexibility index (Phi) is 5.54. The topological polar surface area (TPSA) is 34.0 Å². The van der Waals surface area contributed by atoms with Crippen molar-refractivity contribution in [3.8, 4) is 5.69 Å². The van der Waals surface area contributed by atoms with Gasteiger partial charge < -0.3 is 9.88 Å². The fourth-order valence-electron chi connectivity index (χ4n) is 3.52. The molecular formula is C24H25F3N2O. The second-order valence-electron chi connectivity index (χ2n) is 8.42. The molecule has 0 aliphatic carbocycles. The highest BCUT2D eigenvalue weighted by molar-refractivity contribution is 6.05. The summed E-state index contributed by atoms with van der Waals surface area (Å²) in [6.45, 7) is 9.66. The van der Waals surface area contributed by atoms with Crippen molar-refractivity contribution in [2.45, 2.75) is 46.2 Å². The zero-order valence-electron chi connectivity index (χ0n) is 17.7. The molecule has 6 heteroatoms. The Morgan fingerprint density at radius 1 is 0.933 bits per heavy atom. The number of nitrogens with one attached hydrogen (secondary N) is 1. The number of aromatic nitrogens is 1. The minimum Gasteiger partial charge on any atom is -0.322 e. The summed E-state index contributed by atoms with van der Waals surface area (Å²) in [5.74, 6) is -0.359. The molecule has 0 saturated heterocycles. The first-order chi connectivity index (χ1) is 13.9. The van der Waals surface area contributed by atoms with Crippen LogP contribution in [0.2, 0.25) is 0 Å². The molecule has 1 aromatic heterocycles. The van der Waals surface area contributed by atoms with Crippen LogP contribution in [0.25, 0.3) is 5.69 Å². The van der Waals surface area contributed by atoms with Gasteiger partial charge in [0.1, 0.15) is 0 Å². The molecule has 3 nitrogen and oxygen atoms in total. The normalized spacial score (nSPS) is 12.1. The van der Waals surface area contributed by atoms with Gasteiger partial charge in [-0.05, 0) is 55.2 Å². The maximum absolute atomic E-state index is 13.5. The van der Waals surface area contributed by atoms with Crippen molar-refractivity contribution in [2.75, 3.05) is 5.32 Å². The van der Waals surface area contributed by atoms with Crippen LogP contribution in [-0.4, -0.2) is 10.5 Å². The van der Waals surface area contributed by atoms with Gasteiger partial charge >= 0.3 is 6.18 Å². The molecule has 0 spiro atoms. The summed E-state index contributed by atoms with van der Waals surface area (Å²) < 4.78 is 41.9. The Bertz CT molecular complexity index is 1070. The molecule has 0 fully saturated rings. The molecule has 1 amide bonds. The number of halogens is 3. The fraction of sp³-hybridized carbons (Fsp3) is 0.292. The van der Waals surface area contributed by atoms with Crippen molar-refractivity contribution >= 4 is 11.6 Å². The highest BCUT2D eigenvalue weighted by atomic mass is 19.4. The number of nitrogens with zero attached hydrogens (tertiary/aromatic N) is 1. The Hall–Kier alpha value is -3.02. The molecule has 3 rings (SSSR count). The predicted octanol–water partition coefficient (Wildman–Crippen LogP) is 6.66. The lowest BCUT2D eigenvalue weighted by Crippen LogP contribution is -2.15. The van der Waals surface area contributed by atoms with Gasteiger partial charge in [0.05, 0.1) is 16.8 Å². The number of carbonyl (C=O) groups excluding carboxylic acids is 1. The van der Waals surface area contributed by atoms with Crippen LogP contribution in [0.3, 0.4) is 0 Å². The van der Waals surface area contributed by atoms with E-state index < -0.39 is 11.7 Å².